The summed E-state index contributed by atoms with van der Waals surface area (Å²) in [6.45, 7) is 0.698. The van der Waals surface area contributed by atoms with Crippen LogP contribution in [0.4, 0.5) is 10.3 Å². The lowest BCUT2D eigenvalue weighted by Gasteiger charge is -2.24. The summed E-state index contributed by atoms with van der Waals surface area (Å²) < 4.78 is 35.2. The standard InChI is InChI=1S/C23H22BrFIN5O3S2/c1-32-18-5-3-6-19(33-2)21(18)31-22(20-7-4-10-34-20)28-29-23(31)30(9-12-35-26)36-11-8-17-16(24)13-15(25)14-27-17/h3-7,10,13-14H,8-9,11-12H2,1-2H3. The van der Waals surface area contributed by atoms with E-state index in [1.807, 2.05) is 28.8 Å². The van der Waals surface area contributed by atoms with E-state index in [1.54, 1.807) is 47.4 Å². The van der Waals surface area contributed by atoms with Crippen molar-refractivity contribution in [3.63, 3.8) is 0 Å². The zero-order valence-electron chi connectivity index (χ0n) is 19.4. The van der Waals surface area contributed by atoms with Crippen molar-refractivity contribution in [2.24, 2.45) is 0 Å². The first-order chi connectivity index (χ1) is 17.6. The Labute approximate surface area is 237 Å². The van der Waals surface area contributed by atoms with Gasteiger partial charge in [-0.2, -0.15) is 0 Å². The molecular weight excluding hydrogens is 684 g/mol. The van der Waals surface area contributed by atoms with Gasteiger partial charge in [0.2, 0.25) is 11.8 Å². The molecule has 0 radical (unpaired) electrons. The van der Waals surface area contributed by atoms with Gasteiger partial charge in [-0.1, -0.05) is 15.0 Å². The Hall–Kier alpha value is -1.97. The van der Waals surface area contributed by atoms with E-state index in [4.69, 9.17) is 13.9 Å². The summed E-state index contributed by atoms with van der Waals surface area (Å²) in [6, 6.07) is 10.7. The molecule has 0 bridgehead atoms. The Morgan fingerprint density at radius 2 is 1.92 bits per heavy atom. The molecule has 36 heavy (non-hydrogen) atoms. The highest BCUT2D eigenvalue weighted by Gasteiger charge is 2.27. The van der Waals surface area contributed by atoms with E-state index in [0.29, 0.717) is 57.9 Å². The number of rotatable bonds is 12. The first-order valence-corrected chi connectivity index (χ1v) is 16.0. The van der Waals surface area contributed by atoms with E-state index in [0.717, 1.165) is 11.4 Å². The highest BCUT2D eigenvalue weighted by Crippen LogP contribution is 2.39. The van der Waals surface area contributed by atoms with Gasteiger partial charge < -0.3 is 13.9 Å². The molecule has 0 amide bonds. The lowest BCUT2D eigenvalue weighted by molar-refractivity contribution is 0.391. The van der Waals surface area contributed by atoms with Crippen molar-refractivity contribution in [2.45, 2.75) is 6.42 Å². The molecule has 0 aliphatic heterocycles. The van der Waals surface area contributed by atoms with Crippen LogP contribution in [-0.4, -0.2) is 52.0 Å². The number of aryl methyl sites for hydroxylation is 1. The average molecular weight is 706 g/mol. The number of anilines is 1. The van der Waals surface area contributed by atoms with Crippen LogP contribution in [0.3, 0.4) is 0 Å². The van der Waals surface area contributed by atoms with Gasteiger partial charge in [0.1, 0.15) is 23.0 Å². The maximum atomic E-state index is 13.5. The Morgan fingerprint density at radius 1 is 1.14 bits per heavy atom. The van der Waals surface area contributed by atoms with Gasteiger partial charge >= 0.3 is 0 Å². The Balaban J connectivity index is 1.74. The second kappa shape index (κ2) is 13.0. The first kappa shape index (κ1) is 27.1. The van der Waals surface area contributed by atoms with Gasteiger partial charge in [-0.3, -0.25) is 13.9 Å². The van der Waals surface area contributed by atoms with Gasteiger partial charge in [-0.05, 0) is 79.4 Å². The second-order valence-corrected chi connectivity index (χ2v) is 11.7. The number of nitrogens with zero attached hydrogens (tertiary/aromatic N) is 5. The number of ether oxygens (including phenoxy) is 2. The molecule has 0 fully saturated rings. The second-order valence-electron chi connectivity index (χ2n) is 7.23. The van der Waals surface area contributed by atoms with E-state index in [1.165, 1.54) is 12.3 Å². The number of pyridine rings is 1. The van der Waals surface area contributed by atoms with Gasteiger partial charge in [-0.25, -0.2) is 4.39 Å². The predicted octanol–water partition coefficient (Wildman–Crippen LogP) is 6.62. The molecule has 3 aromatic heterocycles. The minimum Gasteiger partial charge on any atom is -0.494 e. The molecule has 0 saturated heterocycles. The van der Waals surface area contributed by atoms with Crippen LogP contribution >= 0.6 is 58.0 Å². The number of hydrogen-bond donors (Lipinski definition) is 0. The zero-order valence-corrected chi connectivity index (χ0v) is 24.7. The Morgan fingerprint density at radius 3 is 2.56 bits per heavy atom. The van der Waals surface area contributed by atoms with Gasteiger partial charge in [0, 0.05) is 28.9 Å². The number of para-hydroxylation sites is 1. The summed E-state index contributed by atoms with van der Waals surface area (Å²) in [4.78, 5) is 4.22. The molecule has 0 aliphatic rings. The smallest absolute Gasteiger partial charge is 0.242 e. The van der Waals surface area contributed by atoms with Gasteiger partial charge in [0.05, 0.1) is 32.4 Å². The van der Waals surface area contributed by atoms with Crippen LogP contribution in [0, 0.1) is 5.82 Å². The molecule has 0 spiro atoms. The molecule has 4 rings (SSSR count). The molecular formula is C23H22BrFIN5O3S2. The molecule has 0 atom stereocenters. The van der Waals surface area contributed by atoms with Crippen LogP contribution in [0.15, 0.2) is 57.7 Å². The molecule has 0 saturated carbocycles. The molecule has 1 aromatic carbocycles. The van der Waals surface area contributed by atoms with Gasteiger partial charge in [0.25, 0.3) is 0 Å². The van der Waals surface area contributed by atoms with Crippen molar-refractivity contribution in [1.82, 2.24) is 19.7 Å². The maximum Gasteiger partial charge on any atom is 0.242 e. The average Bonchev–Trinajstić information content (AvgIpc) is 3.57. The summed E-state index contributed by atoms with van der Waals surface area (Å²) in [5.41, 5.74) is 1.46. The van der Waals surface area contributed by atoms with Crippen molar-refractivity contribution in [3.05, 3.63) is 64.8 Å². The normalized spacial score (nSPS) is 11.0. The third-order valence-electron chi connectivity index (χ3n) is 5.08. The number of halogens is 3. The quantitative estimate of drug-likeness (QED) is 0.119. The Bertz CT molecular complexity index is 1270. The highest BCUT2D eigenvalue weighted by atomic mass is 127. The summed E-state index contributed by atoms with van der Waals surface area (Å²) in [7, 11) is 4.93. The lowest BCUT2D eigenvalue weighted by atomic mass is 10.2. The van der Waals surface area contributed by atoms with E-state index in [9.17, 15) is 4.39 Å². The fourth-order valence-electron chi connectivity index (χ4n) is 3.48. The number of benzene rings is 1. The van der Waals surface area contributed by atoms with E-state index >= 15 is 0 Å². The first-order valence-electron chi connectivity index (χ1n) is 10.7. The summed E-state index contributed by atoms with van der Waals surface area (Å²) in [5.74, 6) is 4.08. The van der Waals surface area contributed by atoms with Crippen molar-refractivity contribution >= 4 is 64.0 Å². The van der Waals surface area contributed by atoms with E-state index in [-0.39, 0.29) is 5.82 Å². The third-order valence-corrected chi connectivity index (χ3v) is 8.47. The topological polar surface area (TPSA) is 78.4 Å². The van der Waals surface area contributed by atoms with Crippen LogP contribution in [0.25, 0.3) is 17.3 Å². The highest BCUT2D eigenvalue weighted by molar-refractivity contribution is 14.2. The molecule has 0 N–H and O–H groups in total. The number of aromatic nitrogens is 4. The maximum absolute atomic E-state index is 13.5. The van der Waals surface area contributed by atoms with Crippen LogP contribution in [0.5, 0.6) is 11.5 Å². The largest absolute Gasteiger partial charge is 0.494 e. The Kier molecular flexibility index (Phi) is 9.79. The summed E-state index contributed by atoms with van der Waals surface area (Å²) in [5, 5.41) is 9.06. The van der Waals surface area contributed by atoms with Crippen LogP contribution < -0.4 is 13.8 Å². The number of hydrogen-bond acceptors (Lipinski definition) is 9. The molecule has 190 valence electrons. The van der Waals surface area contributed by atoms with Crippen molar-refractivity contribution in [2.75, 3.05) is 36.6 Å². The van der Waals surface area contributed by atoms with Gasteiger partial charge in [-0.15, -0.1) is 10.2 Å². The lowest BCUT2D eigenvalue weighted by Crippen LogP contribution is -2.23. The van der Waals surface area contributed by atoms with Crippen molar-refractivity contribution < 1.29 is 18.3 Å². The van der Waals surface area contributed by atoms with Crippen LogP contribution in [0.2, 0.25) is 0 Å². The molecule has 13 heteroatoms. The van der Waals surface area contributed by atoms with Gasteiger partial charge in [0.15, 0.2) is 5.76 Å². The fraction of sp³-hybridized carbons (Fsp3) is 0.261. The van der Waals surface area contributed by atoms with E-state index < -0.39 is 0 Å². The number of methoxy groups -OCH3 is 2. The third kappa shape index (κ3) is 6.11. The minimum atomic E-state index is -0.372. The summed E-state index contributed by atoms with van der Waals surface area (Å²) >= 11 is 7.28. The molecule has 0 aliphatic carbocycles. The zero-order chi connectivity index (χ0) is 25.5. The fourth-order valence-corrected chi connectivity index (χ4v) is 5.92. The molecule has 0 unspecified atom stereocenters. The summed E-state index contributed by atoms with van der Waals surface area (Å²) in [6.07, 6.45) is 3.46. The van der Waals surface area contributed by atoms with E-state index in [2.05, 4.69) is 56.6 Å². The van der Waals surface area contributed by atoms with Crippen molar-refractivity contribution in [1.29, 1.82) is 0 Å². The van der Waals surface area contributed by atoms with Crippen molar-refractivity contribution in [3.8, 4) is 28.8 Å². The molecule has 8 nitrogen and oxygen atoms in total. The SMILES string of the molecule is COc1cccc(OC)c1-n1c(-c2ccco2)nnc1N(CCSI)SCCc1ncc(F)cc1Br. The van der Waals surface area contributed by atoms with Crippen LogP contribution in [0.1, 0.15) is 5.69 Å². The van der Waals surface area contributed by atoms with Crippen LogP contribution in [-0.2, 0) is 6.42 Å². The monoisotopic (exact) mass is 705 g/mol. The number of furan rings is 1. The molecule has 3 heterocycles. The predicted molar refractivity (Wildman–Crippen MR) is 154 cm³/mol. The minimum absolute atomic E-state index is 0.372. The molecule has 4 aromatic rings.